The zero-order valence-electron chi connectivity index (χ0n) is 8.72. The van der Waals surface area contributed by atoms with Crippen LogP contribution in [0, 0.1) is 5.82 Å². The Balaban J connectivity index is 2.45. The van der Waals surface area contributed by atoms with Crippen molar-refractivity contribution in [3.8, 4) is 5.75 Å². The third-order valence-corrected chi connectivity index (χ3v) is 2.59. The Hall–Kier alpha value is -0.610. The first-order valence-electron chi connectivity index (χ1n) is 4.87. The minimum atomic E-state index is -0.308. The lowest BCUT2D eigenvalue weighted by atomic mass is 10.2. The minimum absolute atomic E-state index is 0.291. The van der Waals surface area contributed by atoms with Gasteiger partial charge in [0.05, 0.1) is 7.11 Å². The lowest BCUT2D eigenvalue weighted by molar-refractivity contribution is 0.386. The standard InChI is InChI=1S/C11H15BrFNO/c1-15-11-4-3-9(7-10(11)13)8-14-6-2-5-12/h3-4,7,14H,2,5-6,8H2,1H3. The summed E-state index contributed by atoms with van der Waals surface area (Å²) in [4.78, 5) is 0. The molecule has 1 aromatic carbocycles. The van der Waals surface area contributed by atoms with Crippen LogP contribution in [0.25, 0.3) is 0 Å². The Morgan fingerprint density at radius 3 is 2.87 bits per heavy atom. The quantitative estimate of drug-likeness (QED) is 0.637. The molecule has 0 spiro atoms. The molecule has 0 saturated carbocycles. The minimum Gasteiger partial charge on any atom is -0.494 e. The Morgan fingerprint density at radius 1 is 1.47 bits per heavy atom. The normalized spacial score (nSPS) is 10.3. The van der Waals surface area contributed by atoms with Crippen LogP contribution < -0.4 is 10.1 Å². The Kier molecular flexibility index (Phi) is 5.65. The summed E-state index contributed by atoms with van der Waals surface area (Å²) in [6.07, 6.45) is 1.07. The van der Waals surface area contributed by atoms with E-state index < -0.39 is 0 Å². The number of hydrogen-bond acceptors (Lipinski definition) is 2. The van der Waals surface area contributed by atoms with E-state index in [1.165, 1.54) is 13.2 Å². The molecule has 1 rings (SSSR count). The van der Waals surface area contributed by atoms with Gasteiger partial charge in [-0.25, -0.2) is 4.39 Å². The van der Waals surface area contributed by atoms with Crippen molar-refractivity contribution >= 4 is 15.9 Å². The van der Waals surface area contributed by atoms with Crippen molar-refractivity contribution in [1.82, 2.24) is 5.32 Å². The Bertz CT molecular complexity index is 307. The van der Waals surface area contributed by atoms with E-state index in [0.29, 0.717) is 12.3 Å². The molecule has 1 N–H and O–H groups in total. The highest BCUT2D eigenvalue weighted by Crippen LogP contribution is 2.17. The summed E-state index contributed by atoms with van der Waals surface area (Å²) < 4.78 is 18.1. The van der Waals surface area contributed by atoms with Crippen molar-refractivity contribution in [3.05, 3.63) is 29.6 Å². The second-order valence-corrected chi connectivity index (χ2v) is 3.98. The molecule has 2 nitrogen and oxygen atoms in total. The fourth-order valence-corrected chi connectivity index (χ4v) is 1.52. The van der Waals surface area contributed by atoms with Crippen LogP contribution in [0.15, 0.2) is 18.2 Å². The third-order valence-electron chi connectivity index (χ3n) is 2.03. The molecular formula is C11H15BrFNO. The molecule has 0 aliphatic rings. The van der Waals surface area contributed by atoms with Crippen LogP contribution in [0.4, 0.5) is 4.39 Å². The predicted octanol–water partition coefficient (Wildman–Crippen LogP) is 2.71. The molecular weight excluding hydrogens is 261 g/mol. The van der Waals surface area contributed by atoms with Gasteiger partial charge in [0.2, 0.25) is 0 Å². The van der Waals surface area contributed by atoms with Crippen LogP contribution in [0.1, 0.15) is 12.0 Å². The summed E-state index contributed by atoms with van der Waals surface area (Å²) in [6.45, 7) is 1.62. The largest absolute Gasteiger partial charge is 0.494 e. The number of rotatable bonds is 6. The summed E-state index contributed by atoms with van der Waals surface area (Å²) in [7, 11) is 1.46. The maximum absolute atomic E-state index is 13.3. The molecule has 0 fully saturated rings. The number of halogens is 2. The van der Waals surface area contributed by atoms with E-state index in [1.54, 1.807) is 6.07 Å². The zero-order valence-corrected chi connectivity index (χ0v) is 10.3. The van der Waals surface area contributed by atoms with Crippen LogP contribution in [0.3, 0.4) is 0 Å². The maximum Gasteiger partial charge on any atom is 0.165 e. The molecule has 0 aromatic heterocycles. The van der Waals surface area contributed by atoms with Gasteiger partial charge in [-0.1, -0.05) is 22.0 Å². The van der Waals surface area contributed by atoms with E-state index in [9.17, 15) is 4.39 Å². The average molecular weight is 276 g/mol. The van der Waals surface area contributed by atoms with E-state index in [0.717, 1.165) is 23.9 Å². The van der Waals surface area contributed by atoms with Gasteiger partial charge in [-0.2, -0.15) is 0 Å². The molecule has 0 radical (unpaired) electrons. The van der Waals surface area contributed by atoms with Gasteiger partial charge in [-0.05, 0) is 30.7 Å². The summed E-state index contributed by atoms with van der Waals surface area (Å²) in [6, 6.07) is 5.01. The number of alkyl halides is 1. The SMILES string of the molecule is COc1ccc(CNCCCBr)cc1F. The summed E-state index contributed by atoms with van der Waals surface area (Å²) in [5.41, 5.74) is 0.933. The van der Waals surface area contributed by atoms with Crippen LogP contribution in [-0.4, -0.2) is 19.0 Å². The molecule has 0 unspecified atom stereocenters. The van der Waals surface area contributed by atoms with Gasteiger partial charge in [-0.3, -0.25) is 0 Å². The second-order valence-electron chi connectivity index (χ2n) is 3.19. The molecule has 0 heterocycles. The Morgan fingerprint density at radius 2 is 2.27 bits per heavy atom. The highest BCUT2D eigenvalue weighted by molar-refractivity contribution is 9.09. The Labute approximate surface area is 98.0 Å². The van der Waals surface area contributed by atoms with E-state index in [2.05, 4.69) is 21.2 Å². The first-order valence-corrected chi connectivity index (χ1v) is 5.99. The van der Waals surface area contributed by atoms with Crippen LogP contribution in [0.2, 0.25) is 0 Å². The molecule has 0 aliphatic carbocycles. The van der Waals surface area contributed by atoms with Gasteiger partial charge in [0.1, 0.15) is 0 Å². The van der Waals surface area contributed by atoms with Gasteiger partial charge >= 0.3 is 0 Å². The van der Waals surface area contributed by atoms with Crippen molar-refractivity contribution in [2.24, 2.45) is 0 Å². The topological polar surface area (TPSA) is 21.3 Å². The van der Waals surface area contributed by atoms with Gasteiger partial charge in [-0.15, -0.1) is 0 Å². The smallest absolute Gasteiger partial charge is 0.165 e. The number of ether oxygens (including phenoxy) is 1. The molecule has 0 saturated heterocycles. The van der Waals surface area contributed by atoms with Crippen molar-refractivity contribution in [3.63, 3.8) is 0 Å². The van der Waals surface area contributed by atoms with Crippen LogP contribution in [0.5, 0.6) is 5.75 Å². The van der Waals surface area contributed by atoms with Gasteiger partial charge < -0.3 is 10.1 Å². The number of nitrogens with one attached hydrogen (secondary N) is 1. The van der Waals surface area contributed by atoms with Gasteiger partial charge in [0, 0.05) is 11.9 Å². The van der Waals surface area contributed by atoms with Gasteiger partial charge in [0.25, 0.3) is 0 Å². The van der Waals surface area contributed by atoms with Gasteiger partial charge in [0.15, 0.2) is 11.6 Å². The number of methoxy groups -OCH3 is 1. The molecule has 0 aliphatic heterocycles. The average Bonchev–Trinajstić information content (AvgIpc) is 2.25. The summed E-state index contributed by atoms with van der Waals surface area (Å²) in [5.74, 6) is -0.0171. The zero-order chi connectivity index (χ0) is 11.1. The van der Waals surface area contributed by atoms with Crippen LogP contribution in [-0.2, 0) is 6.54 Å². The summed E-state index contributed by atoms with van der Waals surface area (Å²) in [5, 5.41) is 4.21. The fourth-order valence-electron chi connectivity index (χ4n) is 1.24. The molecule has 4 heteroatoms. The number of hydrogen-bond donors (Lipinski definition) is 1. The van der Waals surface area contributed by atoms with Crippen molar-refractivity contribution in [2.45, 2.75) is 13.0 Å². The fraction of sp³-hybridized carbons (Fsp3) is 0.455. The molecule has 0 amide bonds. The molecule has 84 valence electrons. The predicted molar refractivity (Wildman–Crippen MR) is 63.1 cm³/mol. The second kappa shape index (κ2) is 6.80. The number of benzene rings is 1. The molecule has 1 aromatic rings. The van der Waals surface area contributed by atoms with E-state index in [4.69, 9.17) is 4.74 Å². The van der Waals surface area contributed by atoms with E-state index in [1.807, 2.05) is 6.07 Å². The lowest BCUT2D eigenvalue weighted by Gasteiger charge is -2.06. The molecule has 15 heavy (non-hydrogen) atoms. The first-order chi connectivity index (χ1) is 7.27. The monoisotopic (exact) mass is 275 g/mol. The first kappa shape index (κ1) is 12.5. The molecule has 0 bridgehead atoms. The highest BCUT2D eigenvalue weighted by Gasteiger charge is 2.02. The van der Waals surface area contributed by atoms with Crippen molar-refractivity contribution in [1.29, 1.82) is 0 Å². The third kappa shape index (κ3) is 4.18. The molecule has 0 atom stereocenters. The van der Waals surface area contributed by atoms with E-state index >= 15 is 0 Å². The van der Waals surface area contributed by atoms with Crippen LogP contribution >= 0.6 is 15.9 Å². The van der Waals surface area contributed by atoms with E-state index in [-0.39, 0.29) is 5.82 Å². The lowest BCUT2D eigenvalue weighted by Crippen LogP contribution is -2.15. The highest BCUT2D eigenvalue weighted by atomic mass is 79.9. The maximum atomic E-state index is 13.3. The summed E-state index contributed by atoms with van der Waals surface area (Å²) >= 11 is 3.35. The van der Waals surface area contributed by atoms with Crippen molar-refractivity contribution < 1.29 is 9.13 Å². The van der Waals surface area contributed by atoms with Crippen molar-refractivity contribution in [2.75, 3.05) is 19.0 Å².